The lowest BCUT2D eigenvalue weighted by Crippen LogP contribution is -2.29. The molecule has 1 aliphatic rings. The van der Waals surface area contributed by atoms with Crippen molar-refractivity contribution in [2.45, 2.75) is 50.4 Å². The number of aryl methyl sites for hydroxylation is 1. The van der Waals surface area contributed by atoms with Crippen LogP contribution in [0.2, 0.25) is 0 Å². The van der Waals surface area contributed by atoms with Crippen molar-refractivity contribution in [1.82, 2.24) is 19.5 Å². The van der Waals surface area contributed by atoms with E-state index in [4.69, 9.17) is 5.73 Å². The SMILES string of the molecule is Nc1ncnc2c1ccn2[C@@H]1C[C@H](CCCCc2ccccn2)[C@@H](O)[C@H]1O. The normalized spacial score (nSPS) is 25.3. The Balaban J connectivity index is 1.39. The third-order valence-corrected chi connectivity index (χ3v) is 5.65. The van der Waals surface area contributed by atoms with E-state index in [1.54, 1.807) is 0 Å². The van der Waals surface area contributed by atoms with Crippen LogP contribution < -0.4 is 5.73 Å². The lowest BCUT2D eigenvalue weighted by atomic mass is 9.97. The van der Waals surface area contributed by atoms with Crippen LogP contribution in [0.15, 0.2) is 43.0 Å². The summed E-state index contributed by atoms with van der Waals surface area (Å²) in [6.07, 6.45) is 8.16. The van der Waals surface area contributed by atoms with Gasteiger partial charge in [0.15, 0.2) is 0 Å². The minimum absolute atomic E-state index is 0.0744. The van der Waals surface area contributed by atoms with Crippen LogP contribution in [-0.2, 0) is 6.42 Å². The van der Waals surface area contributed by atoms with Crippen molar-refractivity contribution in [2.24, 2.45) is 5.92 Å². The van der Waals surface area contributed by atoms with Gasteiger partial charge in [-0.3, -0.25) is 4.98 Å². The van der Waals surface area contributed by atoms with Crippen molar-refractivity contribution in [3.8, 4) is 0 Å². The Kier molecular flexibility index (Phi) is 5.05. The second kappa shape index (κ2) is 7.62. The summed E-state index contributed by atoms with van der Waals surface area (Å²) >= 11 is 0. The molecule has 142 valence electrons. The minimum atomic E-state index is -0.808. The van der Waals surface area contributed by atoms with Crippen LogP contribution >= 0.6 is 0 Å². The number of rotatable bonds is 6. The van der Waals surface area contributed by atoms with Crippen molar-refractivity contribution in [3.05, 3.63) is 48.7 Å². The summed E-state index contributed by atoms with van der Waals surface area (Å²) in [6, 6.07) is 7.62. The Hall–Kier alpha value is -2.51. The number of hydrogen-bond donors (Lipinski definition) is 3. The zero-order valence-corrected chi connectivity index (χ0v) is 15.1. The van der Waals surface area contributed by atoms with Gasteiger partial charge in [0.1, 0.15) is 23.9 Å². The average molecular weight is 367 g/mol. The molecule has 1 saturated carbocycles. The molecule has 4 rings (SSSR count). The van der Waals surface area contributed by atoms with Gasteiger partial charge in [0.05, 0.1) is 17.5 Å². The molecule has 1 aliphatic carbocycles. The summed E-state index contributed by atoms with van der Waals surface area (Å²) in [6.45, 7) is 0. The number of aliphatic hydroxyl groups excluding tert-OH is 2. The predicted molar refractivity (Wildman–Crippen MR) is 103 cm³/mol. The molecular weight excluding hydrogens is 342 g/mol. The van der Waals surface area contributed by atoms with Crippen LogP contribution in [0.5, 0.6) is 0 Å². The molecule has 7 nitrogen and oxygen atoms in total. The maximum atomic E-state index is 10.6. The molecule has 3 aromatic heterocycles. The quantitative estimate of drug-likeness (QED) is 0.576. The minimum Gasteiger partial charge on any atom is -0.390 e. The van der Waals surface area contributed by atoms with E-state index in [1.807, 2.05) is 41.2 Å². The molecule has 0 radical (unpaired) electrons. The smallest absolute Gasteiger partial charge is 0.145 e. The third-order valence-electron chi connectivity index (χ3n) is 5.65. The van der Waals surface area contributed by atoms with Gasteiger partial charge in [0, 0.05) is 18.1 Å². The molecular formula is C20H25N5O2. The van der Waals surface area contributed by atoms with E-state index in [0.29, 0.717) is 11.5 Å². The van der Waals surface area contributed by atoms with Gasteiger partial charge in [-0.25, -0.2) is 9.97 Å². The zero-order chi connectivity index (χ0) is 18.8. The summed E-state index contributed by atoms with van der Waals surface area (Å²) in [7, 11) is 0. The molecule has 1 fully saturated rings. The van der Waals surface area contributed by atoms with Gasteiger partial charge in [-0.1, -0.05) is 12.5 Å². The number of nitrogen functional groups attached to an aromatic ring is 1. The number of hydrogen-bond acceptors (Lipinski definition) is 6. The van der Waals surface area contributed by atoms with Gasteiger partial charge in [-0.2, -0.15) is 0 Å². The molecule has 0 aliphatic heterocycles. The van der Waals surface area contributed by atoms with Gasteiger partial charge in [-0.15, -0.1) is 0 Å². The maximum absolute atomic E-state index is 10.6. The average Bonchev–Trinajstić information content (AvgIpc) is 3.23. The molecule has 0 spiro atoms. The predicted octanol–water partition coefficient (Wildman–Crippen LogP) is 2.10. The summed E-state index contributed by atoms with van der Waals surface area (Å²) in [5.74, 6) is 0.503. The Bertz CT molecular complexity index is 898. The van der Waals surface area contributed by atoms with E-state index in [0.717, 1.165) is 43.2 Å². The van der Waals surface area contributed by atoms with Crippen molar-refractivity contribution >= 4 is 16.9 Å². The largest absolute Gasteiger partial charge is 0.390 e. The second-order valence-electron chi connectivity index (χ2n) is 7.33. The Morgan fingerprint density at radius 1 is 1.07 bits per heavy atom. The monoisotopic (exact) mass is 367 g/mol. The van der Waals surface area contributed by atoms with E-state index in [2.05, 4.69) is 15.0 Å². The Morgan fingerprint density at radius 3 is 2.78 bits per heavy atom. The molecule has 7 heteroatoms. The van der Waals surface area contributed by atoms with E-state index in [1.165, 1.54) is 6.33 Å². The van der Waals surface area contributed by atoms with Gasteiger partial charge >= 0.3 is 0 Å². The van der Waals surface area contributed by atoms with Gasteiger partial charge in [-0.05, 0) is 49.8 Å². The second-order valence-corrected chi connectivity index (χ2v) is 7.33. The van der Waals surface area contributed by atoms with Crippen molar-refractivity contribution in [3.63, 3.8) is 0 Å². The van der Waals surface area contributed by atoms with E-state index >= 15 is 0 Å². The number of anilines is 1. The van der Waals surface area contributed by atoms with Crippen LogP contribution in [0.1, 0.15) is 37.4 Å². The van der Waals surface area contributed by atoms with Crippen molar-refractivity contribution < 1.29 is 10.2 Å². The molecule has 3 aromatic rings. The molecule has 4 atom stereocenters. The highest BCUT2D eigenvalue weighted by atomic mass is 16.3. The van der Waals surface area contributed by atoms with Gasteiger partial charge in [0.2, 0.25) is 0 Å². The molecule has 3 heterocycles. The fraction of sp³-hybridized carbons (Fsp3) is 0.450. The van der Waals surface area contributed by atoms with Crippen LogP contribution in [-0.4, -0.2) is 41.9 Å². The number of nitrogens with two attached hydrogens (primary N) is 1. The molecule has 27 heavy (non-hydrogen) atoms. The van der Waals surface area contributed by atoms with Crippen LogP contribution in [0.4, 0.5) is 5.82 Å². The third kappa shape index (κ3) is 3.52. The number of aromatic nitrogens is 4. The van der Waals surface area contributed by atoms with Gasteiger partial charge in [0.25, 0.3) is 0 Å². The Labute approximate surface area is 157 Å². The van der Waals surface area contributed by atoms with E-state index in [9.17, 15) is 10.2 Å². The number of nitrogens with zero attached hydrogens (tertiary/aromatic N) is 4. The summed E-state index contributed by atoms with van der Waals surface area (Å²) in [5.41, 5.74) is 7.70. The first-order valence-electron chi connectivity index (χ1n) is 9.48. The number of fused-ring (bicyclic) bond motifs is 1. The highest BCUT2D eigenvalue weighted by Crippen LogP contribution is 2.39. The first kappa shape index (κ1) is 17.9. The number of unbranched alkanes of at least 4 members (excludes halogenated alkanes) is 1. The van der Waals surface area contributed by atoms with E-state index < -0.39 is 12.2 Å². The Morgan fingerprint density at radius 2 is 1.96 bits per heavy atom. The highest BCUT2D eigenvalue weighted by molar-refractivity contribution is 5.86. The summed E-state index contributed by atoms with van der Waals surface area (Å²) < 4.78 is 1.93. The molecule has 0 amide bonds. The van der Waals surface area contributed by atoms with E-state index in [-0.39, 0.29) is 12.0 Å². The van der Waals surface area contributed by atoms with Crippen LogP contribution in [0.3, 0.4) is 0 Å². The molecule has 0 bridgehead atoms. The first-order chi connectivity index (χ1) is 13.1. The van der Waals surface area contributed by atoms with Crippen LogP contribution in [0.25, 0.3) is 11.0 Å². The lowest BCUT2D eigenvalue weighted by molar-refractivity contribution is 0.00502. The number of pyridine rings is 1. The summed E-state index contributed by atoms with van der Waals surface area (Å²) in [4.78, 5) is 12.7. The molecule has 4 N–H and O–H groups in total. The fourth-order valence-corrected chi connectivity index (χ4v) is 4.18. The van der Waals surface area contributed by atoms with Crippen molar-refractivity contribution in [2.75, 3.05) is 5.73 Å². The fourth-order valence-electron chi connectivity index (χ4n) is 4.18. The standard InChI is InChI=1S/C20H25N5O2/c21-19-15-8-10-25(20(15)24-12-23-19)16-11-13(17(26)18(16)27)5-1-2-6-14-7-3-4-9-22-14/h3-4,7-10,12-13,16-18,26-27H,1-2,5-6,11H2,(H2,21,23,24)/t13-,16+,17+,18-/m0/s1. The van der Waals surface area contributed by atoms with Crippen molar-refractivity contribution in [1.29, 1.82) is 0 Å². The maximum Gasteiger partial charge on any atom is 0.145 e. The zero-order valence-electron chi connectivity index (χ0n) is 15.1. The topological polar surface area (TPSA) is 110 Å². The van der Waals surface area contributed by atoms with Gasteiger partial charge < -0.3 is 20.5 Å². The number of aliphatic hydroxyl groups is 2. The summed E-state index contributed by atoms with van der Waals surface area (Å²) in [5, 5.41) is 21.9. The first-order valence-corrected chi connectivity index (χ1v) is 9.48. The molecule has 0 aromatic carbocycles. The van der Waals surface area contributed by atoms with Crippen LogP contribution in [0, 0.1) is 5.92 Å². The highest BCUT2D eigenvalue weighted by Gasteiger charge is 2.42. The lowest BCUT2D eigenvalue weighted by Gasteiger charge is -2.19. The molecule has 0 unspecified atom stereocenters. The molecule has 0 saturated heterocycles.